The number of carbonyl (C=O) groups is 1. The molecular formula is C28H33N3O7S. The van der Waals surface area contributed by atoms with E-state index in [1.807, 2.05) is 17.0 Å². The highest BCUT2D eigenvalue weighted by Gasteiger charge is 2.24. The number of amides is 1. The molecule has 4 rings (SSSR count). The zero-order valence-electron chi connectivity index (χ0n) is 22.2. The number of nitrogens with zero attached hydrogens (tertiary/aromatic N) is 1. The smallest absolute Gasteiger partial charge is 0.264 e. The van der Waals surface area contributed by atoms with Gasteiger partial charge in [-0.05, 0) is 66.6 Å². The maximum absolute atomic E-state index is 13.5. The fourth-order valence-electron chi connectivity index (χ4n) is 4.26. The SMILES string of the molecule is COc1ccc(NS(=O)(=O)c2cc(NC(=O)CCc3ccc(OC)c(OC)c3)ccc2N2CCOCC2)cc1. The van der Waals surface area contributed by atoms with Crippen LogP contribution in [0.5, 0.6) is 17.2 Å². The summed E-state index contributed by atoms with van der Waals surface area (Å²) in [5.74, 6) is 1.58. The van der Waals surface area contributed by atoms with E-state index in [1.165, 1.54) is 6.07 Å². The summed E-state index contributed by atoms with van der Waals surface area (Å²) in [6, 6.07) is 17.0. The van der Waals surface area contributed by atoms with Gasteiger partial charge >= 0.3 is 0 Å². The maximum atomic E-state index is 13.5. The predicted octanol–water partition coefficient (Wildman–Crippen LogP) is 3.92. The minimum absolute atomic E-state index is 0.0675. The van der Waals surface area contributed by atoms with Gasteiger partial charge in [0.2, 0.25) is 5.91 Å². The second-order valence-electron chi connectivity index (χ2n) is 8.85. The monoisotopic (exact) mass is 555 g/mol. The number of methoxy groups -OCH3 is 3. The van der Waals surface area contributed by atoms with E-state index in [-0.39, 0.29) is 17.2 Å². The van der Waals surface area contributed by atoms with E-state index >= 15 is 0 Å². The molecule has 3 aromatic rings. The first-order chi connectivity index (χ1) is 18.8. The first kappa shape index (κ1) is 28.1. The third-order valence-electron chi connectivity index (χ3n) is 6.32. The number of sulfonamides is 1. The molecule has 1 fully saturated rings. The molecule has 1 heterocycles. The van der Waals surface area contributed by atoms with E-state index in [9.17, 15) is 13.2 Å². The fraction of sp³-hybridized carbons (Fsp3) is 0.321. The molecule has 10 nitrogen and oxygen atoms in total. The Morgan fingerprint density at radius 2 is 1.56 bits per heavy atom. The third-order valence-corrected chi connectivity index (χ3v) is 7.73. The van der Waals surface area contributed by atoms with Gasteiger partial charge in [-0.15, -0.1) is 0 Å². The Morgan fingerprint density at radius 1 is 0.872 bits per heavy atom. The van der Waals surface area contributed by atoms with Crippen LogP contribution in [-0.2, 0) is 26.0 Å². The Bertz CT molecular complexity index is 1390. The molecule has 0 radical (unpaired) electrons. The second kappa shape index (κ2) is 12.7. The number of benzene rings is 3. The number of hydrogen-bond donors (Lipinski definition) is 2. The number of carbonyl (C=O) groups excluding carboxylic acids is 1. The fourth-order valence-corrected chi connectivity index (χ4v) is 5.57. The predicted molar refractivity (Wildman–Crippen MR) is 150 cm³/mol. The zero-order chi connectivity index (χ0) is 27.8. The van der Waals surface area contributed by atoms with Crippen LogP contribution < -0.4 is 29.1 Å². The molecule has 39 heavy (non-hydrogen) atoms. The van der Waals surface area contributed by atoms with E-state index in [4.69, 9.17) is 18.9 Å². The molecule has 1 amide bonds. The number of morpholine rings is 1. The van der Waals surface area contributed by atoms with Crippen LogP contribution in [0.2, 0.25) is 0 Å². The molecule has 0 bridgehead atoms. The largest absolute Gasteiger partial charge is 0.497 e. The van der Waals surface area contributed by atoms with Crippen molar-refractivity contribution in [3.63, 3.8) is 0 Å². The van der Waals surface area contributed by atoms with Crippen molar-refractivity contribution in [2.24, 2.45) is 0 Å². The number of rotatable bonds is 11. The van der Waals surface area contributed by atoms with Gasteiger partial charge in [-0.1, -0.05) is 6.07 Å². The van der Waals surface area contributed by atoms with Crippen molar-refractivity contribution in [2.75, 3.05) is 62.6 Å². The summed E-state index contributed by atoms with van der Waals surface area (Å²) < 4.78 is 50.9. The van der Waals surface area contributed by atoms with Gasteiger partial charge in [0.15, 0.2) is 11.5 Å². The van der Waals surface area contributed by atoms with Crippen molar-refractivity contribution >= 4 is 33.0 Å². The molecule has 0 unspecified atom stereocenters. The zero-order valence-corrected chi connectivity index (χ0v) is 23.0. The average Bonchev–Trinajstić information content (AvgIpc) is 2.96. The van der Waals surface area contributed by atoms with E-state index in [0.29, 0.717) is 67.0 Å². The Labute approximate surface area is 228 Å². The van der Waals surface area contributed by atoms with Gasteiger partial charge in [-0.3, -0.25) is 9.52 Å². The minimum Gasteiger partial charge on any atom is -0.497 e. The molecule has 0 saturated carbocycles. The van der Waals surface area contributed by atoms with E-state index in [1.54, 1.807) is 63.8 Å². The first-order valence-electron chi connectivity index (χ1n) is 12.5. The Balaban J connectivity index is 1.53. The lowest BCUT2D eigenvalue weighted by Gasteiger charge is -2.30. The van der Waals surface area contributed by atoms with Crippen molar-refractivity contribution in [1.29, 1.82) is 0 Å². The maximum Gasteiger partial charge on any atom is 0.264 e. The van der Waals surface area contributed by atoms with Gasteiger partial charge < -0.3 is 29.2 Å². The molecule has 0 spiro atoms. The highest BCUT2D eigenvalue weighted by atomic mass is 32.2. The van der Waals surface area contributed by atoms with Gasteiger partial charge in [0.05, 0.1) is 40.2 Å². The molecule has 0 aromatic heterocycles. The van der Waals surface area contributed by atoms with Gasteiger partial charge in [0, 0.05) is 30.9 Å². The van der Waals surface area contributed by atoms with Crippen LogP contribution in [-0.4, -0.2) is 62.0 Å². The average molecular weight is 556 g/mol. The number of nitrogens with one attached hydrogen (secondary N) is 2. The van der Waals surface area contributed by atoms with Gasteiger partial charge in [-0.25, -0.2) is 8.42 Å². The van der Waals surface area contributed by atoms with Crippen LogP contribution in [0.25, 0.3) is 0 Å². The second-order valence-corrected chi connectivity index (χ2v) is 10.5. The minimum atomic E-state index is -3.99. The lowest BCUT2D eigenvalue weighted by atomic mass is 10.1. The molecule has 3 aromatic carbocycles. The van der Waals surface area contributed by atoms with Crippen LogP contribution in [0.3, 0.4) is 0 Å². The van der Waals surface area contributed by atoms with E-state index in [2.05, 4.69) is 10.0 Å². The summed E-state index contributed by atoms with van der Waals surface area (Å²) in [5, 5.41) is 2.84. The Morgan fingerprint density at radius 3 is 2.23 bits per heavy atom. The molecule has 0 atom stereocenters. The number of anilines is 3. The third kappa shape index (κ3) is 7.12. The standard InChI is InChI=1S/C28H33N3O7S/c1-35-23-9-6-21(7-10-23)30-39(33,34)27-19-22(8-11-24(27)31-14-16-38-17-15-31)29-28(32)13-5-20-4-12-25(36-2)26(18-20)37-3/h4,6-12,18-19,30H,5,13-17H2,1-3H3,(H,29,32). The number of aryl methyl sites for hydroxylation is 1. The number of hydrogen-bond acceptors (Lipinski definition) is 8. The molecule has 1 saturated heterocycles. The van der Waals surface area contributed by atoms with Crippen LogP contribution in [0.1, 0.15) is 12.0 Å². The van der Waals surface area contributed by atoms with Crippen LogP contribution in [0.4, 0.5) is 17.1 Å². The molecule has 1 aliphatic rings. The quantitative estimate of drug-likeness (QED) is 0.366. The Hall–Kier alpha value is -3.96. The topological polar surface area (TPSA) is 115 Å². The summed E-state index contributed by atoms with van der Waals surface area (Å²) >= 11 is 0. The normalized spacial score (nSPS) is 13.5. The molecule has 1 aliphatic heterocycles. The van der Waals surface area contributed by atoms with Crippen molar-refractivity contribution in [1.82, 2.24) is 0 Å². The molecular weight excluding hydrogens is 522 g/mol. The lowest BCUT2D eigenvalue weighted by Crippen LogP contribution is -2.37. The van der Waals surface area contributed by atoms with Gasteiger partial charge in [-0.2, -0.15) is 0 Å². The summed E-state index contributed by atoms with van der Waals surface area (Å²) in [6.07, 6.45) is 0.676. The van der Waals surface area contributed by atoms with Crippen molar-refractivity contribution in [3.05, 3.63) is 66.2 Å². The summed E-state index contributed by atoms with van der Waals surface area (Å²) in [7, 11) is 0.677. The Kier molecular flexibility index (Phi) is 9.15. The summed E-state index contributed by atoms with van der Waals surface area (Å²) in [4.78, 5) is 14.8. The highest BCUT2D eigenvalue weighted by molar-refractivity contribution is 7.92. The van der Waals surface area contributed by atoms with Crippen molar-refractivity contribution in [3.8, 4) is 17.2 Å². The van der Waals surface area contributed by atoms with E-state index < -0.39 is 10.0 Å². The number of ether oxygens (including phenoxy) is 4. The van der Waals surface area contributed by atoms with Crippen molar-refractivity contribution in [2.45, 2.75) is 17.7 Å². The lowest BCUT2D eigenvalue weighted by molar-refractivity contribution is -0.116. The summed E-state index contributed by atoms with van der Waals surface area (Å²) in [6.45, 7) is 2.12. The van der Waals surface area contributed by atoms with E-state index in [0.717, 1.165) is 5.56 Å². The van der Waals surface area contributed by atoms with Crippen LogP contribution in [0, 0.1) is 0 Å². The van der Waals surface area contributed by atoms with Crippen LogP contribution >= 0.6 is 0 Å². The molecule has 11 heteroatoms. The van der Waals surface area contributed by atoms with Crippen LogP contribution in [0.15, 0.2) is 65.6 Å². The first-order valence-corrected chi connectivity index (χ1v) is 14.0. The molecule has 208 valence electrons. The van der Waals surface area contributed by atoms with Gasteiger partial charge in [0.25, 0.3) is 10.0 Å². The van der Waals surface area contributed by atoms with Gasteiger partial charge in [0.1, 0.15) is 10.6 Å². The molecule has 2 N–H and O–H groups in total. The summed E-state index contributed by atoms with van der Waals surface area (Å²) in [5.41, 5.74) is 2.24. The highest BCUT2D eigenvalue weighted by Crippen LogP contribution is 2.32. The molecule has 0 aliphatic carbocycles. The van der Waals surface area contributed by atoms with Crippen molar-refractivity contribution < 1.29 is 32.2 Å².